The van der Waals surface area contributed by atoms with Crippen molar-refractivity contribution in [1.82, 2.24) is 5.73 Å². The number of hydrogen-bond donors (Lipinski definition) is 0. The molecule has 0 spiro atoms. The van der Waals surface area contributed by atoms with E-state index in [0.717, 1.165) is 5.56 Å². The zero-order valence-electron chi connectivity index (χ0n) is 7.83. The molecular weight excluding hydrogens is 162 g/mol. The summed E-state index contributed by atoms with van der Waals surface area (Å²) < 4.78 is 5.01. The van der Waals surface area contributed by atoms with Crippen molar-refractivity contribution in [3.8, 4) is 0 Å². The van der Waals surface area contributed by atoms with Gasteiger partial charge in [0.15, 0.2) is 0 Å². The van der Waals surface area contributed by atoms with Crippen molar-refractivity contribution in [3.05, 3.63) is 24.2 Å². The summed E-state index contributed by atoms with van der Waals surface area (Å²) in [6, 6.07) is 1.87. The van der Waals surface area contributed by atoms with Gasteiger partial charge in [0.2, 0.25) is 0 Å². The molecule has 1 saturated carbocycles. The van der Waals surface area contributed by atoms with Crippen molar-refractivity contribution in [2.24, 2.45) is 5.92 Å². The number of furan rings is 1. The molecule has 2 nitrogen and oxygen atoms in total. The van der Waals surface area contributed by atoms with Gasteiger partial charge in [-0.25, -0.2) is 5.73 Å². The van der Waals surface area contributed by atoms with Crippen molar-refractivity contribution < 1.29 is 4.42 Å². The van der Waals surface area contributed by atoms with E-state index in [4.69, 9.17) is 10.2 Å². The molecule has 1 unspecified atom stereocenters. The largest absolute Gasteiger partial charge is 0.472 e. The lowest BCUT2D eigenvalue weighted by Gasteiger charge is -2.25. The molecule has 1 N–H and O–H groups in total. The minimum atomic E-state index is -0.0564. The van der Waals surface area contributed by atoms with Gasteiger partial charge in [0.25, 0.3) is 0 Å². The number of rotatable bonds is 2. The molecule has 2 rings (SSSR count). The van der Waals surface area contributed by atoms with E-state index in [0.29, 0.717) is 5.92 Å². The van der Waals surface area contributed by atoms with E-state index in [1.54, 1.807) is 12.5 Å². The molecule has 1 fully saturated rings. The van der Waals surface area contributed by atoms with Gasteiger partial charge in [-0.05, 0) is 24.8 Å². The van der Waals surface area contributed by atoms with Crippen LogP contribution in [-0.2, 0) is 0 Å². The Kier molecular flexibility index (Phi) is 2.69. The van der Waals surface area contributed by atoms with E-state index in [9.17, 15) is 0 Å². The fraction of sp³-hybridized carbons (Fsp3) is 0.636. The van der Waals surface area contributed by atoms with Gasteiger partial charge in [-0.15, -0.1) is 0 Å². The highest BCUT2D eigenvalue weighted by molar-refractivity contribution is 5.11. The van der Waals surface area contributed by atoms with Crippen molar-refractivity contribution >= 4 is 0 Å². The van der Waals surface area contributed by atoms with Gasteiger partial charge in [0, 0.05) is 5.56 Å². The first kappa shape index (κ1) is 8.82. The Morgan fingerprint density at radius 1 is 1.31 bits per heavy atom. The van der Waals surface area contributed by atoms with Gasteiger partial charge in [-0.2, -0.15) is 0 Å². The predicted molar refractivity (Wildman–Crippen MR) is 51.1 cm³/mol. The lowest BCUT2D eigenvalue weighted by molar-refractivity contribution is 0.302. The molecule has 1 atom stereocenters. The molecule has 0 aliphatic heterocycles. The van der Waals surface area contributed by atoms with E-state index in [1.165, 1.54) is 32.1 Å². The Hall–Kier alpha value is -0.760. The first-order chi connectivity index (χ1) is 6.38. The summed E-state index contributed by atoms with van der Waals surface area (Å²) in [5.74, 6) is 0.561. The summed E-state index contributed by atoms with van der Waals surface area (Å²) in [6.07, 6.45) is 9.79. The highest BCUT2D eigenvalue weighted by atomic mass is 16.3. The molecular formula is C11H16NO. The fourth-order valence-corrected chi connectivity index (χ4v) is 2.19. The van der Waals surface area contributed by atoms with Crippen LogP contribution in [-0.4, -0.2) is 0 Å². The average molecular weight is 178 g/mol. The monoisotopic (exact) mass is 178 g/mol. The average Bonchev–Trinajstić information content (AvgIpc) is 2.71. The molecule has 0 bridgehead atoms. The third kappa shape index (κ3) is 1.94. The van der Waals surface area contributed by atoms with Crippen molar-refractivity contribution in [2.45, 2.75) is 38.1 Å². The molecule has 71 valence electrons. The van der Waals surface area contributed by atoms with E-state index in [1.807, 2.05) is 6.07 Å². The first-order valence-corrected chi connectivity index (χ1v) is 5.11. The second-order valence-corrected chi connectivity index (χ2v) is 3.93. The Labute approximate surface area is 79.1 Å². The standard InChI is InChI=1S/C11H16NO/c12-11(10-6-7-13-8-10)9-4-2-1-3-5-9/h6-9,11-12H,1-5H2. The van der Waals surface area contributed by atoms with Crippen LogP contribution in [0.25, 0.3) is 0 Å². The molecule has 2 heteroatoms. The summed E-state index contributed by atoms with van der Waals surface area (Å²) in [5.41, 5.74) is 9.11. The van der Waals surface area contributed by atoms with Crippen LogP contribution >= 0.6 is 0 Å². The third-order valence-electron chi connectivity index (χ3n) is 3.02. The Morgan fingerprint density at radius 2 is 2.08 bits per heavy atom. The van der Waals surface area contributed by atoms with Crippen LogP contribution in [0, 0.1) is 5.92 Å². The highest BCUT2D eigenvalue weighted by Crippen LogP contribution is 2.33. The molecule has 13 heavy (non-hydrogen) atoms. The maximum absolute atomic E-state index is 8.06. The van der Waals surface area contributed by atoms with Gasteiger partial charge in [0.1, 0.15) is 0 Å². The van der Waals surface area contributed by atoms with Gasteiger partial charge < -0.3 is 4.42 Å². The smallest absolute Gasteiger partial charge is 0.0950 e. The number of hydrogen-bond acceptors (Lipinski definition) is 1. The van der Waals surface area contributed by atoms with Crippen molar-refractivity contribution in [1.29, 1.82) is 0 Å². The maximum atomic E-state index is 8.06. The van der Waals surface area contributed by atoms with E-state index < -0.39 is 0 Å². The van der Waals surface area contributed by atoms with Crippen LogP contribution in [0.3, 0.4) is 0 Å². The van der Waals surface area contributed by atoms with Gasteiger partial charge >= 0.3 is 0 Å². The lowest BCUT2D eigenvalue weighted by Crippen LogP contribution is -2.16. The Bertz CT molecular complexity index is 237. The summed E-state index contributed by atoms with van der Waals surface area (Å²) in [6.45, 7) is 0. The van der Waals surface area contributed by atoms with Crippen LogP contribution in [0.1, 0.15) is 43.7 Å². The van der Waals surface area contributed by atoms with E-state index >= 15 is 0 Å². The molecule has 1 radical (unpaired) electrons. The molecule has 1 aliphatic carbocycles. The molecule has 1 aromatic heterocycles. The summed E-state index contributed by atoms with van der Waals surface area (Å²) in [4.78, 5) is 0. The van der Waals surface area contributed by atoms with Crippen molar-refractivity contribution in [3.63, 3.8) is 0 Å². The SMILES string of the molecule is [NH]C(c1ccoc1)C1CCCCC1. The molecule has 0 aromatic carbocycles. The lowest BCUT2D eigenvalue weighted by atomic mass is 9.82. The van der Waals surface area contributed by atoms with E-state index in [-0.39, 0.29) is 6.04 Å². The van der Waals surface area contributed by atoms with Crippen LogP contribution in [0.4, 0.5) is 0 Å². The number of nitrogens with one attached hydrogen (secondary N) is 1. The molecule has 0 amide bonds. The highest BCUT2D eigenvalue weighted by Gasteiger charge is 2.22. The summed E-state index contributed by atoms with van der Waals surface area (Å²) >= 11 is 0. The zero-order chi connectivity index (χ0) is 9.10. The molecule has 1 heterocycles. The van der Waals surface area contributed by atoms with Gasteiger partial charge in [-0.1, -0.05) is 19.3 Å². The van der Waals surface area contributed by atoms with Crippen LogP contribution < -0.4 is 5.73 Å². The topological polar surface area (TPSA) is 36.9 Å². The van der Waals surface area contributed by atoms with Gasteiger partial charge in [-0.3, -0.25) is 0 Å². The van der Waals surface area contributed by atoms with Crippen LogP contribution in [0.2, 0.25) is 0 Å². The zero-order valence-corrected chi connectivity index (χ0v) is 7.83. The molecule has 1 aliphatic rings. The minimum absolute atomic E-state index is 0.0564. The second kappa shape index (κ2) is 3.97. The normalized spacial score (nSPS) is 21.6. The quantitative estimate of drug-likeness (QED) is 0.685. The fourth-order valence-electron chi connectivity index (χ4n) is 2.19. The van der Waals surface area contributed by atoms with Crippen LogP contribution in [0.5, 0.6) is 0 Å². The molecule has 0 saturated heterocycles. The Balaban J connectivity index is 1.99. The van der Waals surface area contributed by atoms with Gasteiger partial charge in [0.05, 0.1) is 18.6 Å². The van der Waals surface area contributed by atoms with Crippen LogP contribution in [0.15, 0.2) is 23.0 Å². The molecule has 1 aromatic rings. The first-order valence-electron chi connectivity index (χ1n) is 5.11. The summed E-state index contributed by atoms with van der Waals surface area (Å²) in [5, 5.41) is 0. The maximum Gasteiger partial charge on any atom is 0.0950 e. The minimum Gasteiger partial charge on any atom is -0.472 e. The third-order valence-corrected chi connectivity index (χ3v) is 3.02. The van der Waals surface area contributed by atoms with E-state index in [2.05, 4.69) is 0 Å². The second-order valence-electron chi connectivity index (χ2n) is 3.93. The predicted octanol–water partition coefficient (Wildman–Crippen LogP) is 3.18. The summed E-state index contributed by atoms with van der Waals surface area (Å²) in [7, 11) is 0. The Morgan fingerprint density at radius 3 is 2.69 bits per heavy atom. The van der Waals surface area contributed by atoms with Crippen molar-refractivity contribution in [2.75, 3.05) is 0 Å².